The molecule has 0 saturated heterocycles. The van der Waals surface area contributed by atoms with Crippen LogP contribution < -0.4 is 9.62 Å². The van der Waals surface area contributed by atoms with E-state index in [1.54, 1.807) is 12.1 Å². The van der Waals surface area contributed by atoms with Crippen molar-refractivity contribution in [2.75, 3.05) is 17.6 Å². The molecule has 2 aliphatic rings. The van der Waals surface area contributed by atoms with Crippen LogP contribution in [0, 0.1) is 11.8 Å². The Morgan fingerprint density at radius 1 is 1.30 bits per heavy atom. The lowest BCUT2D eigenvalue weighted by atomic mass is 9.95. The number of benzene rings is 1. The van der Waals surface area contributed by atoms with Crippen molar-refractivity contribution in [1.82, 2.24) is 5.32 Å². The minimum Gasteiger partial charge on any atom is -0.349 e. The minimum atomic E-state index is -3.38. The van der Waals surface area contributed by atoms with Gasteiger partial charge in [0.25, 0.3) is 5.91 Å². The Morgan fingerprint density at radius 2 is 2.04 bits per heavy atom. The van der Waals surface area contributed by atoms with E-state index in [4.69, 9.17) is 11.6 Å². The maximum absolute atomic E-state index is 12.6. The summed E-state index contributed by atoms with van der Waals surface area (Å²) in [7, 11) is -1.93. The molecule has 7 heteroatoms. The summed E-state index contributed by atoms with van der Waals surface area (Å²) in [5.74, 6) is 1.09. The fraction of sp³-hybridized carbons (Fsp3) is 0.562. The molecule has 0 radical (unpaired) electrons. The van der Waals surface area contributed by atoms with Crippen LogP contribution >= 0.6 is 11.6 Å². The number of anilines is 1. The van der Waals surface area contributed by atoms with Crippen LogP contribution in [0.1, 0.15) is 36.0 Å². The third-order valence-electron chi connectivity index (χ3n) is 5.11. The number of amides is 1. The fourth-order valence-corrected chi connectivity index (χ4v) is 4.44. The first kappa shape index (κ1) is 16.6. The van der Waals surface area contributed by atoms with Crippen LogP contribution in [-0.2, 0) is 10.0 Å². The van der Waals surface area contributed by atoms with Crippen molar-refractivity contribution in [2.45, 2.75) is 31.7 Å². The van der Waals surface area contributed by atoms with E-state index in [9.17, 15) is 13.2 Å². The molecule has 1 N–H and O–H groups in total. The molecule has 23 heavy (non-hydrogen) atoms. The number of hydrogen-bond donors (Lipinski definition) is 1. The van der Waals surface area contributed by atoms with Gasteiger partial charge >= 0.3 is 0 Å². The Labute approximate surface area is 142 Å². The van der Waals surface area contributed by atoms with Gasteiger partial charge in [-0.3, -0.25) is 9.10 Å². The van der Waals surface area contributed by atoms with E-state index in [2.05, 4.69) is 5.32 Å². The van der Waals surface area contributed by atoms with E-state index >= 15 is 0 Å². The van der Waals surface area contributed by atoms with Crippen LogP contribution in [-0.4, -0.2) is 33.7 Å². The summed E-state index contributed by atoms with van der Waals surface area (Å²) >= 11 is 6.15. The summed E-state index contributed by atoms with van der Waals surface area (Å²) < 4.78 is 24.4. The third kappa shape index (κ3) is 3.33. The highest BCUT2D eigenvalue weighted by Crippen LogP contribution is 2.44. The lowest BCUT2D eigenvalue weighted by Gasteiger charge is -2.23. The molecule has 1 amide bonds. The SMILES string of the molecule is CN(c1ccc(Cl)c(C(=O)N[C@H]2C[C@H]3CC[C@H]2C3)c1)S(C)(=O)=O. The number of halogens is 1. The molecule has 5 nitrogen and oxygen atoms in total. The molecule has 0 spiro atoms. The number of nitrogens with zero attached hydrogens (tertiary/aromatic N) is 1. The van der Waals surface area contributed by atoms with Gasteiger partial charge in [0.15, 0.2) is 0 Å². The van der Waals surface area contributed by atoms with Crippen molar-refractivity contribution < 1.29 is 13.2 Å². The number of hydrogen-bond acceptors (Lipinski definition) is 3. The number of sulfonamides is 1. The number of carbonyl (C=O) groups is 1. The predicted molar refractivity (Wildman–Crippen MR) is 91.4 cm³/mol. The average molecular weight is 357 g/mol. The van der Waals surface area contributed by atoms with E-state index in [1.165, 1.54) is 32.4 Å². The Morgan fingerprint density at radius 3 is 2.61 bits per heavy atom. The maximum atomic E-state index is 12.6. The Bertz CT molecular complexity index is 735. The topological polar surface area (TPSA) is 66.5 Å². The predicted octanol–water partition coefficient (Wildman–Crippen LogP) is 2.65. The van der Waals surface area contributed by atoms with Crippen LogP contribution in [0.3, 0.4) is 0 Å². The second kappa shape index (κ2) is 5.98. The van der Waals surface area contributed by atoms with Crippen molar-refractivity contribution in [1.29, 1.82) is 0 Å². The molecule has 126 valence electrons. The monoisotopic (exact) mass is 356 g/mol. The summed E-state index contributed by atoms with van der Waals surface area (Å²) in [5, 5.41) is 3.41. The molecule has 2 fully saturated rings. The number of nitrogens with one attached hydrogen (secondary N) is 1. The van der Waals surface area contributed by atoms with Crippen LogP contribution in [0.2, 0.25) is 5.02 Å². The van der Waals surface area contributed by atoms with Crippen molar-refractivity contribution in [2.24, 2.45) is 11.8 Å². The Hall–Kier alpha value is -1.27. The molecule has 3 atom stereocenters. The van der Waals surface area contributed by atoms with E-state index in [0.717, 1.165) is 22.9 Å². The quantitative estimate of drug-likeness (QED) is 0.901. The van der Waals surface area contributed by atoms with E-state index in [0.29, 0.717) is 22.2 Å². The first-order valence-corrected chi connectivity index (χ1v) is 10.0. The van der Waals surface area contributed by atoms with Crippen LogP contribution in [0.15, 0.2) is 18.2 Å². The highest BCUT2D eigenvalue weighted by atomic mass is 35.5. The van der Waals surface area contributed by atoms with Crippen molar-refractivity contribution in [3.8, 4) is 0 Å². The zero-order chi connectivity index (χ0) is 16.8. The molecule has 3 rings (SSSR count). The molecule has 2 bridgehead atoms. The summed E-state index contributed by atoms with van der Waals surface area (Å²) in [5.41, 5.74) is 0.748. The maximum Gasteiger partial charge on any atom is 0.253 e. The van der Waals surface area contributed by atoms with Gasteiger partial charge in [0.2, 0.25) is 10.0 Å². The van der Waals surface area contributed by atoms with Gasteiger partial charge in [-0.1, -0.05) is 18.0 Å². The van der Waals surface area contributed by atoms with Gasteiger partial charge in [0.1, 0.15) is 0 Å². The summed E-state index contributed by atoms with van der Waals surface area (Å²) in [6.45, 7) is 0. The Kier molecular flexibility index (Phi) is 4.31. The number of fused-ring (bicyclic) bond motifs is 2. The average Bonchev–Trinajstić information content (AvgIpc) is 3.08. The second-order valence-corrected chi connectivity index (χ2v) is 9.07. The summed E-state index contributed by atoms with van der Waals surface area (Å²) in [6.07, 6.45) is 5.82. The molecule has 2 saturated carbocycles. The highest BCUT2D eigenvalue weighted by Gasteiger charge is 2.40. The van der Waals surface area contributed by atoms with Crippen molar-refractivity contribution >= 4 is 33.2 Å². The lowest BCUT2D eigenvalue weighted by Crippen LogP contribution is -2.38. The third-order valence-corrected chi connectivity index (χ3v) is 6.65. The van der Waals surface area contributed by atoms with Gasteiger partial charge in [0.05, 0.1) is 22.5 Å². The molecule has 1 aromatic carbocycles. The zero-order valence-corrected chi connectivity index (χ0v) is 14.8. The molecule has 0 aromatic heterocycles. The van der Waals surface area contributed by atoms with Crippen LogP contribution in [0.5, 0.6) is 0 Å². The Balaban J connectivity index is 1.80. The zero-order valence-electron chi connectivity index (χ0n) is 13.3. The summed E-state index contributed by atoms with van der Waals surface area (Å²) in [6, 6.07) is 4.91. The molecule has 1 aromatic rings. The normalized spacial score (nSPS) is 26.3. The van der Waals surface area contributed by atoms with Crippen LogP contribution in [0.4, 0.5) is 5.69 Å². The largest absolute Gasteiger partial charge is 0.349 e. The van der Waals surface area contributed by atoms with Crippen LogP contribution in [0.25, 0.3) is 0 Å². The van der Waals surface area contributed by atoms with E-state index < -0.39 is 10.0 Å². The van der Waals surface area contributed by atoms with Gasteiger partial charge in [0, 0.05) is 13.1 Å². The highest BCUT2D eigenvalue weighted by molar-refractivity contribution is 7.92. The van der Waals surface area contributed by atoms with Gasteiger partial charge < -0.3 is 5.32 Å². The molecule has 0 aliphatic heterocycles. The molecule has 0 heterocycles. The summed E-state index contributed by atoms with van der Waals surface area (Å²) in [4.78, 5) is 12.6. The fourth-order valence-electron chi connectivity index (χ4n) is 3.74. The molecule has 2 aliphatic carbocycles. The lowest BCUT2D eigenvalue weighted by molar-refractivity contribution is 0.0923. The van der Waals surface area contributed by atoms with Gasteiger partial charge in [-0.05, 0) is 49.3 Å². The van der Waals surface area contributed by atoms with Gasteiger partial charge in [-0.25, -0.2) is 8.42 Å². The van der Waals surface area contributed by atoms with Gasteiger partial charge in [-0.15, -0.1) is 0 Å². The van der Waals surface area contributed by atoms with E-state index in [-0.39, 0.29) is 11.9 Å². The second-order valence-electron chi connectivity index (χ2n) is 6.65. The minimum absolute atomic E-state index is 0.216. The van der Waals surface area contributed by atoms with Gasteiger partial charge in [-0.2, -0.15) is 0 Å². The molecule has 0 unspecified atom stereocenters. The first-order chi connectivity index (χ1) is 10.8. The van der Waals surface area contributed by atoms with Crippen molar-refractivity contribution in [3.05, 3.63) is 28.8 Å². The van der Waals surface area contributed by atoms with E-state index in [1.807, 2.05) is 0 Å². The number of carbonyl (C=O) groups excluding carboxylic acids is 1. The molecular formula is C16H21ClN2O3S. The van der Waals surface area contributed by atoms with Crippen molar-refractivity contribution in [3.63, 3.8) is 0 Å². The standard InChI is InChI=1S/C16H21ClN2O3S/c1-19(23(2,21)22)12-5-6-14(17)13(9-12)16(20)18-15-8-10-3-4-11(15)7-10/h5-6,9-11,15H,3-4,7-8H2,1-2H3,(H,18,20)/t10-,11-,15-/m0/s1. The number of rotatable bonds is 4. The molecular weight excluding hydrogens is 336 g/mol. The smallest absolute Gasteiger partial charge is 0.253 e. The first-order valence-electron chi connectivity index (χ1n) is 7.80.